The van der Waals surface area contributed by atoms with Gasteiger partial charge in [0.2, 0.25) is 0 Å². The van der Waals surface area contributed by atoms with Crippen molar-refractivity contribution < 1.29 is 9.50 Å². The number of aryl methyl sites for hydroxylation is 1. The van der Waals surface area contributed by atoms with Crippen LogP contribution in [0.3, 0.4) is 0 Å². The molecule has 0 saturated carbocycles. The number of nitrogens with one attached hydrogen (secondary N) is 1. The van der Waals surface area contributed by atoms with Crippen molar-refractivity contribution in [1.29, 1.82) is 0 Å². The van der Waals surface area contributed by atoms with Crippen molar-refractivity contribution in [2.75, 3.05) is 18.0 Å². The highest BCUT2D eigenvalue weighted by Gasteiger charge is 2.57. The molecule has 2 aliphatic rings. The van der Waals surface area contributed by atoms with E-state index in [0.717, 1.165) is 25.1 Å². The molecule has 3 aromatic rings. The van der Waals surface area contributed by atoms with Crippen molar-refractivity contribution in [2.45, 2.75) is 58.0 Å². The molecule has 0 radical (unpaired) electrons. The molecule has 3 nitrogen and oxygen atoms in total. The molecule has 35 heavy (non-hydrogen) atoms. The van der Waals surface area contributed by atoms with Gasteiger partial charge in [-0.1, -0.05) is 68.8 Å². The molecule has 0 amide bonds. The van der Waals surface area contributed by atoms with E-state index in [1.807, 2.05) is 24.3 Å². The van der Waals surface area contributed by atoms with Crippen LogP contribution in [0.25, 0.3) is 0 Å². The Morgan fingerprint density at radius 2 is 1.86 bits per heavy atom. The van der Waals surface area contributed by atoms with Gasteiger partial charge in [-0.25, -0.2) is 4.39 Å². The number of fused-ring (bicyclic) bond motifs is 2. The average molecular weight is 493 g/mol. The van der Waals surface area contributed by atoms with Gasteiger partial charge in [0.05, 0.1) is 5.02 Å². The van der Waals surface area contributed by atoms with E-state index >= 15 is 4.39 Å². The monoisotopic (exact) mass is 492 g/mol. The van der Waals surface area contributed by atoms with Gasteiger partial charge in [0.1, 0.15) is 11.6 Å². The van der Waals surface area contributed by atoms with Crippen molar-refractivity contribution >= 4 is 17.3 Å². The lowest BCUT2D eigenvalue weighted by molar-refractivity contribution is 0.255. The molecule has 0 aromatic heterocycles. The Balaban J connectivity index is 1.66. The molecule has 0 unspecified atom stereocenters. The largest absolute Gasteiger partial charge is 0.508 e. The van der Waals surface area contributed by atoms with E-state index in [1.165, 1.54) is 16.8 Å². The third kappa shape index (κ3) is 4.32. The molecule has 0 bridgehead atoms. The van der Waals surface area contributed by atoms with E-state index in [2.05, 4.69) is 56.1 Å². The molecule has 0 aliphatic carbocycles. The topological polar surface area (TPSA) is 35.5 Å². The maximum absolute atomic E-state index is 15.5. The van der Waals surface area contributed by atoms with Crippen LogP contribution in [-0.4, -0.2) is 24.2 Å². The van der Waals surface area contributed by atoms with Crippen molar-refractivity contribution in [2.24, 2.45) is 5.41 Å². The van der Waals surface area contributed by atoms with E-state index in [4.69, 9.17) is 11.6 Å². The van der Waals surface area contributed by atoms with Gasteiger partial charge in [0, 0.05) is 42.7 Å². The predicted octanol–water partition coefficient (Wildman–Crippen LogP) is 6.94. The highest BCUT2D eigenvalue weighted by molar-refractivity contribution is 6.30. The summed E-state index contributed by atoms with van der Waals surface area (Å²) in [6, 6.07) is 19.7. The van der Waals surface area contributed by atoms with Crippen molar-refractivity contribution in [1.82, 2.24) is 5.32 Å². The number of hydrogen-bond donors (Lipinski definition) is 2. The lowest BCUT2D eigenvalue weighted by Gasteiger charge is -2.40. The first-order valence-electron chi connectivity index (χ1n) is 12.4. The fourth-order valence-electron chi connectivity index (χ4n) is 6.25. The number of anilines is 1. The Morgan fingerprint density at radius 3 is 2.57 bits per heavy atom. The highest BCUT2D eigenvalue weighted by Crippen LogP contribution is 2.56. The number of phenols is 1. The van der Waals surface area contributed by atoms with E-state index in [-0.39, 0.29) is 39.4 Å². The second-order valence-electron chi connectivity index (χ2n) is 11.5. The maximum Gasteiger partial charge on any atom is 0.145 e. The molecule has 2 N–H and O–H groups in total. The van der Waals surface area contributed by atoms with Crippen molar-refractivity contribution in [3.05, 3.63) is 93.8 Å². The number of benzene rings is 3. The molecule has 1 saturated heterocycles. The molecule has 5 heteroatoms. The molecule has 2 heterocycles. The summed E-state index contributed by atoms with van der Waals surface area (Å²) in [5.74, 6) is -0.0770. The summed E-state index contributed by atoms with van der Waals surface area (Å²) in [6.07, 6.45) is 0.978. The lowest BCUT2D eigenvalue weighted by Crippen LogP contribution is -2.48. The average Bonchev–Trinajstić information content (AvgIpc) is 3.29. The van der Waals surface area contributed by atoms with Crippen molar-refractivity contribution in [3.8, 4) is 5.75 Å². The van der Waals surface area contributed by atoms with Crippen LogP contribution < -0.4 is 10.2 Å². The minimum absolute atomic E-state index is 0.0418. The molecule has 5 rings (SSSR count). The molecular formula is C30H34ClFN2O. The summed E-state index contributed by atoms with van der Waals surface area (Å²) < 4.78 is 15.5. The van der Waals surface area contributed by atoms with Gasteiger partial charge in [-0.05, 0) is 65.3 Å². The number of halogens is 2. The number of aromatic hydroxyl groups is 1. The molecular weight excluding hydrogens is 459 g/mol. The van der Waals surface area contributed by atoms with Gasteiger partial charge in [-0.2, -0.15) is 0 Å². The Bertz CT molecular complexity index is 1240. The maximum atomic E-state index is 15.5. The summed E-state index contributed by atoms with van der Waals surface area (Å²) in [5.41, 5.74) is 5.36. The molecule has 3 atom stereocenters. The number of rotatable bonds is 4. The molecule has 184 valence electrons. The van der Waals surface area contributed by atoms with Crippen LogP contribution in [-0.2, 0) is 12.0 Å². The first-order valence-corrected chi connectivity index (χ1v) is 12.8. The molecule has 2 aliphatic heterocycles. The second kappa shape index (κ2) is 8.83. The Hall–Kier alpha value is -2.56. The van der Waals surface area contributed by atoms with Crippen LogP contribution in [0.1, 0.15) is 55.4 Å². The van der Waals surface area contributed by atoms with Crippen LogP contribution in [0.15, 0.2) is 60.7 Å². The normalized spacial score (nSPS) is 23.8. The van der Waals surface area contributed by atoms with Crippen LogP contribution in [0.2, 0.25) is 5.02 Å². The van der Waals surface area contributed by atoms with Crippen LogP contribution >= 0.6 is 11.6 Å². The zero-order valence-electron chi connectivity index (χ0n) is 20.9. The van der Waals surface area contributed by atoms with E-state index in [9.17, 15) is 5.11 Å². The minimum atomic E-state index is -0.303. The van der Waals surface area contributed by atoms with Gasteiger partial charge in [0.25, 0.3) is 0 Å². The minimum Gasteiger partial charge on any atom is -0.508 e. The summed E-state index contributed by atoms with van der Waals surface area (Å²) >= 11 is 6.27. The lowest BCUT2D eigenvalue weighted by atomic mass is 9.64. The van der Waals surface area contributed by atoms with Gasteiger partial charge in [0.15, 0.2) is 0 Å². The molecule has 3 aromatic carbocycles. The molecule has 1 spiro atoms. The Kier molecular flexibility index (Phi) is 6.09. The number of nitrogens with zero attached hydrogens (tertiary/aromatic N) is 1. The van der Waals surface area contributed by atoms with Gasteiger partial charge in [-0.15, -0.1) is 0 Å². The van der Waals surface area contributed by atoms with E-state index in [1.54, 1.807) is 18.2 Å². The molecule has 1 fully saturated rings. The first-order chi connectivity index (χ1) is 16.6. The fraction of sp³-hybridized carbons (Fsp3) is 0.400. The zero-order chi connectivity index (χ0) is 25.0. The van der Waals surface area contributed by atoms with Crippen LogP contribution in [0, 0.1) is 18.2 Å². The third-order valence-electron chi connectivity index (χ3n) is 7.74. The van der Waals surface area contributed by atoms with Gasteiger partial charge in [-0.3, -0.25) is 0 Å². The first kappa shape index (κ1) is 24.1. The summed E-state index contributed by atoms with van der Waals surface area (Å²) in [5, 5.41) is 13.8. The predicted molar refractivity (Wildman–Crippen MR) is 142 cm³/mol. The van der Waals surface area contributed by atoms with Crippen LogP contribution in [0.4, 0.5) is 10.1 Å². The standard InChI is InChI=1S/C30H34ClFN2O/c1-19-8-13-23-26(14-19)34(17-20-9-11-21(35)12-10-20)18-30(23)24(16-33-27(30)15-29(2,3)4)22-6-5-7-25(31)28(22)32/h5-14,24,27,33,35H,15-18H2,1-4H3/t24-,27+,30-/m1/s1. The summed E-state index contributed by atoms with van der Waals surface area (Å²) in [6.45, 7) is 11.2. The van der Waals surface area contributed by atoms with E-state index < -0.39 is 0 Å². The number of phenolic OH excluding ortho intramolecular Hbond substituents is 1. The fourth-order valence-corrected chi connectivity index (χ4v) is 6.43. The summed E-state index contributed by atoms with van der Waals surface area (Å²) in [4.78, 5) is 2.44. The van der Waals surface area contributed by atoms with Crippen molar-refractivity contribution in [3.63, 3.8) is 0 Å². The number of hydrogen-bond acceptors (Lipinski definition) is 3. The Morgan fingerprint density at radius 1 is 1.11 bits per heavy atom. The van der Waals surface area contributed by atoms with Gasteiger partial charge >= 0.3 is 0 Å². The SMILES string of the molecule is Cc1ccc2c(c1)N(Cc1ccc(O)cc1)C[C@@]21[C@H](CC(C)(C)C)NC[C@@H]1c1cccc(Cl)c1F. The highest BCUT2D eigenvalue weighted by atomic mass is 35.5. The Labute approximate surface area is 212 Å². The quantitative estimate of drug-likeness (QED) is 0.414. The smallest absolute Gasteiger partial charge is 0.145 e. The van der Waals surface area contributed by atoms with Gasteiger partial charge < -0.3 is 15.3 Å². The zero-order valence-corrected chi connectivity index (χ0v) is 21.7. The van der Waals surface area contributed by atoms with Crippen LogP contribution in [0.5, 0.6) is 5.75 Å². The van der Waals surface area contributed by atoms with E-state index in [0.29, 0.717) is 12.1 Å². The third-order valence-corrected chi connectivity index (χ3v) is 8.03. The second-order valence-corrected chi connectivity index (χ2v) is 11.9. The summed E-state index contributed by atoms with van der Waals surface area (Å²) in [7, 11) is 0.